The second kappa shape index (κ2) is 21.1. The van der Waals surface area contributed by atoms with Crippen molar-refractivity contribution in [3.05, 3.63) is 196 Å². The van der Waals surface area contributed by atoms with Gasteiger partial charge in [-0.2, -0.15) is 0 Å². The van der Waals surface area contributed by atoms with Gasteiger partial charge in [-0.25, -0.2) is 4.98 Å². The van der Waals surface area contributed by atoms with E-state index in [0.29, 0.717) is 45.3 Å². The number of halogens is 2. The Bertz CT molecular complexity index is 2200. The summed E-state index contributed by atoms with van der Waals surface area (Å²) < 4.78 is 5.58. The molecule has 0 saturated carbocycles. The number of rotatable bonds is 8. The Morgan fingerprint density at radius 3 is 1.88 bits per heavy atom. The van der Waals surface area contributed by atoms with Crippen LogP contribution in [0.15, 0.2) is 158 Å². The number of nitrogens with zero attached hydrogens (tertiary/aromatic N) is 2. The van der Waals surface area contributed by atoms with Crippen LogP contribution in [0, 0.1) is 0 Å². The zero-order valence-electron chi connectivity index (χ0n) is 27.7. The summed E-state index contributed by atoms with van der Waals surface area (Å²) in [6.45, 7) is 0.543. The summed E-state index contributed by atoms with van der Waals surface area (Å²) >= 11 is 11.2. The molecule has 0 fully saturated rings. The minimum atomic E-state index is 0.319. The SMILES string of the molecule is O=Cc1ccc(OCc2ccccc2)cc1.O=Cc1ccc2ccccc2n1.O=Cc1cccc(Cl)c1Cl.O=Cc1ccccc1-c1ccncc1. The highest BCUT2D eigenvalue weighted by molar-refractivity contribution is 6.43. The first kappa shape index (κ1) is 38.5. The van der Waals surface area contributed by atoms with Gasteiger partial charge in [-0.1, -0.05) is 114 Å². The number of fused-ring (bicyclic) bond motifs is 1. The van der Waals surface area contributed by atoms with Gasteiger partial charge in [0.25, 0.3) is 0 Å². The van der Waals surface area contributed by atoms with Crippen molar-refractivity contribution < 1.29 is 23.9 Å². The van der Waals surface area contributed by atoms with Crippen LogP contribution in [-0.4, -0.2) is 35.1 Å². The van der Waals surface area contributed by atoms with Gasteiger partial charge in [0, 0.05) is 34.5 Å². The molecule has 0 aliphatic rings. The summed E-state index contributed by atoms with van der Waals surface area (Å²) in [6.07, 6.45) is 6.56. The fraction of sp³-hybridized carbons (Fsp3) is 0.0233. The van der Waals surface area contributed by atoms with Gasteiger partial charge >= 0.3 is 0 Å². The highest BCUT2D eigenvalue weighted by atomic mass is 35.5. The molecule has 0 aliphatic heterocycles. The molecule has 0 bridgehead atoms. The molecule has 0 unspecified atom stereocenters. The topological polar surface area (TPSA) is 103 Å². The van der Waals surface area contributed by atoms with E-state index in [1.165, 1.54) is 0 Å². The Balaban J connectivity index is 0.000000157. The van der Waals surface area contributed by atoms with E-state index < -0.39 is 0 Å². The lowest BCUT2D eigenvalue weighted by molar-refractivity contribution is 0.111. The Labute approximate surface area is 311 Å². The highest BCUT2D eigenvalue weighted by Gasteiger charge is 2.02. The standard InChI is InChI=1S/C14H12O2.C12H9NO.C10H7NO.C7H4Cl2O/c15-10-12-6-8-14(9-7-12)16-11-13-4-2-1-3-5-13;14-9-11-3-1-2-4-12(11)10-5-7-13-8-6-10;12-7-9-6-5-8-3-1-2-4-10(8)11-9;8-6-3-1-2-5(4-10)7(6)9/h1-10H,11H2;1-9H;1-7H;1-4H. The first-order valence-corrected chi connectivity index (χ1v) is 16.6. The van der Waals surface area contributed by atoms with Crippen LogP contribution >= 0.6 is 23.2 Å². The van der Waals surface area contributed by atoms with Gasteiger partial charge in [-0.15, -0.1) is 0 Å². The smallest absolute Gasteiger partial charge is 0.168 e. The van der Waals surface area contributed by atoms with Crippen LogP contribution in [0.4, 0.5) is 0 Å². The third-order valence-corrected chi connectivity index (χ3v) is 8.03. The molecule has 5 aromatic carbocycles. The normalized spacial score (nSPS) is 9.73. The van der Waals surface area contributed by atoms with E-state index in [0.717, 1.165) is 52.2 Å². The van der Waals surface area contributed by atoms with Gasteiger partial charge in [-0.3, -0.25) is 24.2 Å². The van der Waals surface area contributed by atoms with Gasteiger partial charge in [0.2, 0.25) is 0 Å². The molecular formula is C43H32Cl2N2O5. The first-order valence-electron chi connectivity index (χ1n) is 15.8. The third kappa shape index (κ3) is 11.9. The molecule has 2 aromatic heterocycles. The number of carbonyl (C=O) groups excluding carboxylic acids is 4. The summed E-state index contributed by atoms with van der Waals surface area (Å²) in [5, 5.41) is 1.79. The molecule has 0 spiro atoms. The highest BCUT2D eigenvalue weighted by Crippen LogP contribution is 2.24. The average molecular weight is 728 g/mol. The van der Waals surface area contributed by atoms with Crippen molar-refractivity contribution in [2.24, 2.45) is 0 Å². The summed E-state index contributed by atoms with van der Waals surface area (Å²) in [5.41, 5.74) is 6.23. The monoisotopic (exact) mass is 726 g/mol. The van der Waals surface area contributed by atoms with Crippen molar-refractivity contribution in [1.82, 2.24) is 9.97 Å². The largest absolute Gasteiger partial charge is 0.489 e. The molecule has 0 N–H and O–H groups in total. The van der Waals surface area contributed by atoms with E-state index in [2.05, 4.69) is 9.97 Å². The van der Waals surface area contributed by atoms with Crippen molar-refractivity contribution in [2.45, 2.75) is 6.61 Å². The Morgan fingerprint density at radius 1 is 0.558 bits per heavy atom. The number of pyridine rings is 2. The van der Waals surface area contributed by atoms with E-state index in [1.54, 1.807) is 60.9 Å². The number of hydrogen-bond donors (Lipinski definition) is 0. The minimum Gasteiger partial charge on any atom is -0.489 e. The molecule has 0 amide bonds. The molecule has 0 atom stereocenters. The average Bonchev–Trinajstić information content (AvgIpc) is 3.22. The lowest BCUT2D eigenvalue weighted by Crippen LogP contribution is -1.94. The van der Waals surface area contributed by atoms with Crippen LogP contribution in [0.2, 0.25) is 10.0 Å². The molecule has 2 heterocycles. The number of aldehydes is 4. The van der Waals surface area contributed by atoms with Crippen LogP contribution in [0.25, 0.3) is 22.0 Å². The number of carbonyl (C=O) groups is 4. The first-order chi connectivity index (χ1) is 25.4. The maximum atomic E-state index is 10.8. The van der Waals surface area contributed by atoms with E-state index in [9.17, 15) is 19.2 Å². The lowest BCUT2D eigenvalue weighted by atomic mass is 10.0. The predicted molar refractivity (Wildman–Crippen MR) is 207 cm³/mol. The van der Waals surface area contributed by atoms with E-state index in [-0.39, 0.29) is 0 Å². The molecular weight excluding hydrogens is 695 g/mol. The maximum absolute atomic E-state index is 10.8. The predicted octanol–water partition coefficient (Wildman–Crippen LogP) is 10.5. The Hall–Kier alpha value is -6.28. The van der Waals surface area contributed by atoms with Crippen molar-refractivity contribution in [2.75, 3.05) is 0 Å². The van der Waals surface area contributed by atoms with E-state index >= 15 is 0 Å². The van der Waals surface area contributed by atoms with Gasteiger partial charge in [0.05, 0.1) is 15.6 Å². The van der Waals surface area contributed by atoms with Crippen molar-refractivity contribution in [1.29, 1.82) is 0 Å². The molecule has 0 saturated heterocycles. The second-order valence-electron chi connectivity index (χ2n) is 10.7. The molecule has 7 nitrogen and oxygen atoms in total. The summed E-state index contributed by atoms with van der Waals surface area (Å²) in [5.74, 6) is 0.773. The molecule has 7 aromatic rings. The number of aromatic nitrogens is 2. The molecule has 9 heteroatoms. The van der Waals surface area contributed by atoms with Gasteiger partial charge in [0.1, 0.15) is 24.3 Å². The molecule has 0 radical (unpaired) electrons. The van der Waals surface area contributed by atoms with E-state index in [1.807, 2.05) is 97.1 Å². The molecule has 258 valence electrons. The van der Waals surface area contributed by atoms with Crippen molar-refractivity contribution >= 4 is 59.2 Å². The zero-order valence-corrected chi connectivity index (χ0v) is 29.2. The van der Waals surface area contributed by atoms with Crippen LogP contribution in [-0.2, 0) is 6.61 Å². The Kier molecular flexibility index (Phi) is 15.6. The molecule has 0 aliphatic carbocycles. The number of hydrogen-bond acceptors (Lipinski definition) is 7. The number of ether oxygens (including phenoxy) is 1. The number of para-hydroxylation sites is 1. The lowest BCUT2D eigenvalue weighted by Gasteiger charge is -2.05. The minimum absolute atomic E-state index is 0.319. The summed E-state index contributed by atoms with van der Waals surface area (Å²) in [6, 6.07) is 44.6. The van der Waals surface area contributed by atoms with Gasteiger partial charge in [0.15, 0.2) is 18.9 Å². The molecule has 7 rings (SSSR count). The van der Waals surface area contributed by atoms with Crippen LogP contribution in [0.3, 0.4) is 0 Å². The summed E-state index contributed by atoms with van der Waals surface area (Å²) in [7, 11) is 0. The second-order valence-corrected chi connectivity index (χ2v) is 11.5. The maximum Gasteiger partial charge on any atom is 0.168 e. The Morgan fingerprint density at radius 2 is 1.21 bits per heavy atom. The fourth-order valence-electron chi connectivity index (χ4n) is 4.54. The van der Waals surface area contributed by atoms with Gasteiger partial charge in [-0.05, 0) is 71.3 Å². The van der Waals surface area contributed by atoms with Gasteiger partial charge < -0.3 is 4.74 Å². The number of benzene rings is 5. The van der Waals surface area contributed by atoms with Crippen molar-refractivity contribution in [3.63, 3.8) is 0 Å². The quantitative estimate of drug-likeness (QED) is 0.144. The van der Waals surface area contributed by atoms with Crippen molar-refractivity contribution in [3.8, 4) is 16.9 Å². The fourth-order valence-corrected chi connectivity index (χ4v) is 4.89. The van der Waals surface area contributed by atoms with Crippen LogP contribution in [0.1, 0.15) is 47.1 Å². The third-order valence-electron chi connectivity index (χ3n) is 7.19. The van der Waals surface area contributed by atoms with E-state index in [4.69, 9.17) is 27.9 Å². The zero-order chi connectivity index (χ0) is 37.0. The summed E-state index contributed by atoms with van der Waals surface area (Å²) in [4.78, 5) is 49.9. The molecule has 52 heavy (non-hydrogen) atoms. The van der Waals surface area contributed by atoms with Crippen LogP contribution < -0.4 is 4.74 Å². The van der Waals surface area contributed by atoms with Crippen LogP contribution in [0.5, 0.6) is 5.75 Å².